The van der Waals surface area contributed by atoms with Gasteiger partial charge < -0.3 is 20.4 Å². The highest BCUT2D eigenvalue weighted by molar-refractivity contribution is 6.01. The molecule has 4 aliphatic rings. The predicted octanol–water partition coefficient (Wildman–Crippen LogP) is 16.0. The molecule has 0 atom stereocenters. The summed E-state index contributed by atoms with van der Waals surface area (Å²) in [6.45, 7) is 4.56. The molecule has 0 unspecified atom stereocenters. The monoisotopic (exact) mass is 802 g/mol. The second-order valence-electron chi connectivity index (χ2n) is 19.2. The topological polar surface area (TPSA) is 80.9 Å². The molecular formula is C56H66O4. The van der Waals surface area contributed by atoms with Crippen molar-refractivity contribution in [2.45, 2.75) is 166 Å². The van der Waals surface area contributed by atoms with Gasteiger partial charge in [-0.15, -0.1) is 0 Å². The van der Waals surface area contributed by atoms with Crippen molar-refractivity contribution in [3.05, 3.63) is 106 Å². The maximum Gasteiger partial charge on any atom is 0.119 e. The van der Waals surface area contributed by atoms with Gasteiger partial charge in [0.1, 0.15) is 23.0 Å². The molecule has 4 nitrogen and oxygen atoms in total. The van der Waals surface area contributed by atoms with E-state index in [4.69, 9.17) is 0 Å². The number of benzene rings is 5. The van der Waals surface area contributed by atoms with Crippen molar-refractivity contribution >= 4 is 0 Å². The first-order chi connectivity index (χ1) is 29.3. The maximum absolute atomic E-state index is 11.4. The first kappa shape index (κ1) is 40.7. The summed E-state index contributed by atoms with van der Waals surface area (Å²) in [4.78, 5) is 0. The molecule has 5 aromatic rings. The third-order valence-corrected chi connectivity index (χ3v) is 15.4. The summed E-state index contributed by atoms with van der Waals surface area (Å²) in [5, 5.41) is 45.8. The van der Waals surface area contributed by atoms with E-state index in [9.17, 15) is 20.4 Å². The Balaban J connectivity index is 1.34. The van der Waals surface area contributed by atoms with Gasteiger partial charge in [0, 0.05) is 0 Å². The van der Waals surface area contributed by atoms with E-state index < -0.39 is 0 Å². The van der Waals surface area contributed by atoms with Crippen LogP contribution in [0.15, 0.2) is 72.8 Å². The predicted molar refractivity (Wildman–Crippen MR) is 248 cm³/mol. The molecule has 4 saturated carbocycles. The highest BCUT2D eigenvalue weighted by atomic mass is 16.3. The number of rotatable bonds is 8. The second-order valence-corrected chi connectivity index (χ2v) is 19.2. The van der Waals surface area contributed by atoms with Gasteiger partial charge in [-0.1, -0.05) is 101 Å². The van der Waals surface area contributed by atoms with Gasteiger partial charge in [-0.2, -0.15) is 0 Å². The Morgan fingerprint density at radius 1 is 0.300 bits per heavy atom. The van der Waals surface area contributed by atoms with Gasteiger partial charge in [-0.3, -0.25) is 0 Å². The third kappa shape index (κ3) is 7.96. The van der Waals surface area contributed by atoms with Gasteiger partial charge >= 0.3 is 0 Å². The molecule has 0 aliphatic heterocycles. The summed E-state index contributed by atoms with van der Waals surface area (Å²) in [6.07, 6.45) is 23.3. The standard InChI is InChI=1S/C56H66O4/c1-35-53(41-23-27-49(57)45(31-41)37-15-7-3-8-16-37)55(43-25-29-51(59)47(33-43)39-19-11-5-12-20-39)36(2)56(44-26-30-52(60)48(34-44)40-21-13-6-14-22-40)54(35)42-24-28-50(58)46(32-42)38-17-9-4-10-18-38/h23-34,37-40,57-60H,3-22H2,1-2H3. The smallest absolute Gasteiger partial charge is 0.119 e. The Bertz CT molecular complexity index is 2000. The van der Waals surface area contributed by atoms with Gasteiger partial charge in [0.15, 0.2) is 0 Å². The normalized spacial score (nSPS) is 18.8. The van der Waals surface area contributed by atoms with E-state index in [0.717, 1.165) is 129 Å². The molecule has 0 spiro atoms. The fraction of sp³-hybridized carbons (Fsp3) is 0.464. The summed E-state index contributed by atoms with van der Waals surface area (Å²) in [6, 6.07) is 25.3. The Hall–Kier alpha value is -4.70. The third-order valence-electron chi connectivity index (χ3n) is 15.4. The van der Waals surface area contributed by atoms with E-state index >= 15 is 0 Å². The van der Waals surface area contributed by atoms with Crippen molar-refractivity contribution in [2.24, 2.45) is 0 Å². The quantitative estimate of drug-likeness (QED) is 0.126. The Morgan fingerprint density at radius 2 is 0.500 bits per heavy atom. The highest BCUT2D eigenvalue weighted by Crippen LogP contribution is 2.53. The first-order valence-electron chi connectivity index (χ1n) is 23.8. The molecule has 4 aliphatic carbocycles. The highest BCUT2D eigenvalue weighted by Gasteiger charge is 2.30. The van der Waals surface area contributed by atoms with Gasteiger partial charge in [0.25, 0.3) is 0 Å². The fourth-order valence-electron chi connectivity index (χ4n) is 12.2. The molecule has 0 amide bonds. The van der Waals surface area contributed by atoms with Crippen LogP contribution in [0.4, 0.5) is 0 Å². The zero-order valence-electron chi connectivity index (χ0n) is 36.2. The van der Waals surface area contributed by atoms with Crippen LogP contribution in [0.5, 0.6) is 23.0 Å². The minimum atomic E-state index is 0.333. The molecule has 4 N–H and O–H groups in total. The number of hydrogen-bond acceptors (Lipinski definition) is 4. The van der Waals surface area contributed by atoms with Crippen molar-refractivity contribution in [3.8, 4) is 67.5 Å². The van der Waals surface area contributed by atoms with Crippen molar-refractivity contribution < 1.29 is 20.4 Å². The van der Waals surface area contributed by atoms with Crippen LogP contribution in [-0.2, 0) is 0 Å². The molecule has 0 aromatic heterocycles. The van der Waals surface area contributed by atoms with Gasteiger partial charge in [0.2, 0.25) is 0 Å². The van der Waals surface area contributed by atoms with E-state index in [1.807, 2.05) is 24.3 Å². The number of phenols is 4. The van der Waals surface area contributed by atoms with E-state index in [0.29, 0.717) is 46.7 Å². The average molecular weight is 803 g/mol. The maximum atomic E-state index is 11.4. The molecular weight excluding hydrogens is 737 g/mol. The number of hydrogen-bond donors (Lipinski definition) is 4. The lowest BCUT2D eigenvalue weighted by Gasteiger charge is -2.29. The molecule has 0 heterocycles. The lowest BCUT2D eigenvalue weighted by atomic mass is 9.75. The molecule has 4 fully saturated rings. The van der Waals surface area contributed by atoms with Gasteiger partial charge in [-0.25, -0.2) is 0 Å². The number of phenolic OH excluding ortho intramolecular Hbond substituents is 4. The van der Waals surface area contributed by atoms with E-state index in [1.165, 1.54) is 77.0 Å². The van der Waals surface area contributed by atoms with Gasteiger partial charge in [-0.05, 0) is 215 Å². The van der Waals surface area contributed by atoms with Crippen LogP contribution in [0, 0.1) is 13.8 Å². The van der Waals surface area contributed by atoms with Crippen LogP contribution in [0.3, 0.4) is 0 Å². The largest absolute Gasteiger partial charge is 0.508 e. The van der Waals surface area contributed by atoms with Crippen LogP contribution in [0.2, 0.25) is 0 Å². The molecule has 9 rings (SSSR count). The Morgan fingerprint density at radius 3 is 0.700 bits per heavy atom. The summed E-state index contributed by atoms with van der Waals surface area (Å²) >= 11 is 0. The van der Waals surface area contributed by atoms with E-state index in [-0.39, 0.29) is 0 Å². The van der Waals surface area contributed by atoms with Crippen molar-refractivity contribution in [2.75, 3.05) is 0 Å². The minimum absolute atomic E-state index is 0.333. The van der Waals surface area contributed by atoms with Crippen molar-refractivity contribution in [3.63, 3.8) is 0 Å². The second kappa shape index (κ2) is 17.7. The molecule has 0 bridgehead atoms. The molecule has 0 saturated heterocycles. The summed E-state index contributed by atoms with van der Waals surface area (Å²) in [7, 11) is 0. The van der Waals surface area contributed by atoms with E-state index in [2.05, 4.69) is 62.4 Å². The molecule has 314 valence electrons. The van der Waals surface area contributed by atoms with Crippen molar-refractivity contribution in [1.29, 1.82) is 0 Å². The SMILES string of the molecule is Cc1c(-c2ccc(O)c(C3CCCCC3)c2)c(-c2ccc(O)c(C3CCCCC3)c2)c(C)c(-c2ccc(O)c(C3CCCCC3)c2)c1-c1ccc(O)c(C2CCCCC2)c1. The van der Waals surface area contributed by atoms with Crippen LogP contribution < -0.4 is 0 Å². The number of aromatic hydroxyl groups is 4. The summed E-state index contributed by atoms with van der Waals surface area (Å²) in [5.41, 5.74) is 15.5. The minimum Gasteiger partial charge on any atom is -0.508 e. The molecule has 4 heteroatoms. The van der Waals surface area contributed by atoms with Crippen LogP contribution >= 0.6 is 0 Å². The Labute approximate surface area is 358 Å². The van der Waals surface area contributed by atoms with E-state index in [1.54, 1.807) is 0 Å². The molecule has 0 radical (unpaired) electrons. The average Bonchev–Trinajstić information content (AvgIpc) is 3.29. The van der Waals surface area contributed by atoms with Gasteiger partial charge in [0.05, 0.1) is 0 Å². The van der Waals surface area contributed by atoms with Crippen LogP contribution in [-0.4, -0.2) is 20.4 Å². The lowest BCUT2D eigenvalue weighted by molar-refractivity contribution is 0.414. The molecule has 5 aromatic carbocycles. The first-order valence-corrected chi connectivity index (χ1v) is 23.8. The fourth-order valence-corrected chi connectivity index (χ4v) is 12.2. The summed E-state index contributed by atoms with van der Waals surface area (Å²) in [5.74, 6) is 2.88. The van der Waals surface area contributed by atoms with Crippen molar-refractivity contribution in [1.82, 2.24) is 0 Å². The van der Waals surface area contributed by atoms with Crippen LogP contribution in [0.1, 0.15) is 185 Å². The Kier molecular flexibility index (Phi) is 12.0. The lowest BCUT2D eigenvalue weighted by Crippen LogP contribution is -2.08. The van der Waals surface area contributed by atoms with Crippen LogP contribution in [0.25, 0.3) is 44.5 Å². The zero-order valence-corrected chi connectivity index (χ0v) is 36.2. The zero-order chi connectivity index (χ0) is 41.3. The summed E-state index contributed by atoms with van der Waals surface area (Å²) < 4.78 is 0. The molecule has 60 heavy (non-hydrogen) atoms.